The first-order chi connectivity index (χ1) is 12.0. The zero-order valence-electron chi connectivity index (χ0n) is 16.9. The molecule has 1 fully saturated rings. The van der Waals surface area contributed by atoms with Crippen LogP contribution in [0.5, 0.6) is 5.75 Å². The van der Waals surface area contributed by atoms with Crippen molar-refractivity contribution in [3.63, 3.8) is 0 Å². The lowest BCUT2D eigenvalue weighted by atomic mass is 10.1. The number of nitrogens with zero attached hydrogens (tertiary/aromatic N) is 2. The summed E-state index contributed by atoms with van der Waals surface area (Å²) in [6, 6.07) is 5.87. The second-order valence-electron chi connectivity index (χ2n) is 8.29. The summed E-state index contributed by atoms with van der Waals surface area (Å²) in [5, 5.41) is 0. The molecule has 1 aliphatic heterocycles. The molecule has 0 bridgehead atoms. The second kappa shape index (κ2) is 8.16. The minimum Gasteiger partial charge on any atom is -0.491 e. The van der Waals surface area contributed by atoms with E-state index in [4.69, 9.17) is 15.2 Å². The summed E-state index contributed by atoms with van der Waals surface area (Å²) in [5.74, 6) is 0.872. The summed E-state index contributed by atoms with van der Waals surface area (Å²) in [6.45, 7) is 14.7. The predicted molar refractivity (Wildman–Crippen MR) is 104 cm³/mol. The molecule has 1 amide bonds. The molecule has 1 aromatic carbocycles. The first-order valence-electron chi connectivity index (χ1n) is 9.32. The molecule has 1 saturated heterocycles. The average molecular weight is 364 g/mol. The summed E-state index contributed by atoms with van der Waals surface area (Å²) in [4.78, 5) is 16.5. The molecule has 26 heavy (non-hydrogen) atoms. The van der Waals surface area contributed by atoms with Crippen LogP contribution in [-0.4, -0.2) is 53.3 Å². The number of nitrogens with two attached hydrogens (primary N) is 1. The number of carbonyl (C=O) groups is 1. The van der Waals surface area contributed by atoms with E-state index < -0.39 is 5.60 Å². The Balaban J connectivity index is 2.01. The van der Waals surface area contributed by atoms with Crippen LogP contribution in [0, 0.1) is 0 Å². The van der Waals surface area contributed by atoms with Crippen molar-refractivity contribution in [3.8, 4) is 5.75 Å². The number of nitrogen functional groups attached to an aromatic ring is 1. The van der Waals surface area contributed by atoms with Gasteiger partial charge in [-0.25, -0.2) is 4.79 Å². The zero-order valence-corrected chi connectivity index (χ0v) is 16.9. The minimum absolute atomic E-state index is 0.0918. The van der Waals surface area contributed by atoms with Crippen molar-refractivity contribution in [2.24, 2.45) is 0 Å². The Labute approximate surface area is 157 Å². The maximum atomic E-state index is 12.4. The van der Waals surface area contributed by atoms with Crippen LogP contribution < -0.4 is 10.5 Å². The third-order valence-electron chi connectivity index (χ3n) is 4.18. The number of hydrogen-bond donors (Lipinski definition) is 1. The number of amides is 1. The highest BCUT2D eigenvalue weighted by Crippen LogP contribution is 2.25. The van der Waals surface area contributed by atoms with Crippen LogP contribution in [0.1, 0.15) is 47.1 Å². The van der Waals surface area contributed by atoms with Crippen molar-refractivity contribution >= 4 is 11.8 Å². The molecule has 0 spiro atoms. The standard InChI is InChI=1S/C20H33N3O3/c1-14(2)25-18-8-7-17(21)11-16(18)13-22-9-10-23(15(3)12-22)19(24)26-20(4,5)6/h7-8,11,14-15H,9-10,12-13,21H2,1-6H3/t15-/m1/s1. The molecule has 0 saturated carbocycles. The first kappa shape index (κ1) is 20.4. The van der Waals surface area contributed by atoms with E-state index in [9.17, 15) is 4.79 Å². The van der Waals surface area contributed by atoms with Gasteiger partial charge >= 0.3 is 6.09 Å². The van der Waals surface area contributed by atoms with E-state index in [1.807, 2.05) is 57.7 Å². The summed E-state index contributed by atoms with van der Waals surface area (Å²) in [5.41, 5.74) is 7.31. The Morgan fingerprint density at radius 2 is 2.00 bits per heavy atom. The Kier molecular flexibility index (Phi) is 6.39. The lowest BCUT2D eigenvalue weighted by Gasteiger charge is -2.40. The van der Waals surface area contributed by atoms with Crippen LogP contribution in [0.15, 0.2) is 18.2 Å². The van der Waals surface area contributed by atoms with E-state index in [-0.39, 0.29) is 18.2 Å². The predicted octanol–water partition coefficient (Wildman–Crippen LogP) is 3.50. The zero-order chi connectivity index (χ0) is 19.5. The molecular weight excluding hydrogens is 330 g/mol. The Morgan fingerprint density at radius 3 is 2.58 bits per heavy atom. The minimum atomic E-state index is -0.474. The van der Waals surface area contributed by atoms with Gasteiger partial charge in [-0.3, -0.25) is 4.90 Å². The van der Waals surface area contributed by atoms with Crippen molar-refractivity contribution in [3.05, 3.63) is 23.8 Å². The van der Waals surface area contributed by atoms with Crippen molar-refractivity contribution < 1.29 is 14.3 Å². The van der Waals surface area contributed by atoms with Crippen LogP contribution in [0.25, 0.3) is 0 Å². The molecule has 0 aliphatic carbocycles. The summed E-state index contributed by atoms with van der Waals surface area (Å²) < 4.78 is 11.4. The number of piperazine rings is 1. The largest absolute Gasteiger partial charge is 0.491 e. The molecule has 1 atom stereocenters. The number of ether oxygens (including phenoxy) is 2. The van der Waals surface area contributed by atoms with E-state index in [1.165, 1.54) is 0 Å². The Morgan fingerprint density at radius 1 is 1.31 bits per heavy atom. The molecule has 0 aromatic heterocycles. The van der Waals surface area contributed by atoms with Gasteiger partial charge in [-0.2, -0.15) is 0 Å². The van der Waals surface area contributed by atoms with Gasteiger partial charge in [0.2, 0.25) is 0 Å². The van der Waals surface area contributed by atoms with Gasteiger partial charge in [-0.05, 0) is 59.7 Å². The number of anilines is 1. The third kappa shape index (κ3) is 5.80. The highest BCUT2D eigenvalue weighted by Gasteiger charge is 2.31. The topological polar surface area (TPSA) is 68.0 Å². The van der Waals surface area contributed by atoms with E-state index in [1.54, 1.807) is 0 Å². The fourth-order valence-electron chi connectivity index (χ4n) is 3.10. The molecule has 146 valence electrons. The quantitative estimate of drug-likeness (QED) is 0.829. The van der Waals surface area contributed by atoms with Gasteiger partial charge < -0.3 is 20.1 Å². The smallest absolute Gasteiger partial charge is 0.410 e. The van der Waals surface area contributed by atoms with Crippen molar-refractivity contribution in [2.75, 3.05) is 25.4 Å². The first-order valence-corrected chi connectivity index (χ1v) is 9.32. The number of carbonyl (C=O) groups excluding carboxylic acids is 1. The van der Waals surface area contributed by atoms with E-state index in [2.05, 4.69) is 11.8 Å². The average Bonchev–Trinajstić information content (AvgIpc) is 2.48. The van der Waals surface area contributed by atoms with E-state index >= 15 is 0 Å². The molecule has 6 heteroatoms. The number of benzene rings is 1. The molecule has 1 aromatic rings. The molecule has 0 unspecified atom stereocenters. The lowest BCUT2D eigenvalue weighted by Crippen LogP contribution is -2.54. The van der Waals surface area contributed by atoms with Gasteiger partial charge in [-0.15, -0.1) is 0 Å². The SMILES string of the molecule is CC(C)Oc1ccc(N)cc1CN1CCN(C(=O)OC(C)(C)C)[C@H](C)C1. The van der Waals surface area contributed by atoms with Crippen LogP contribution in [0.2, 0.25) is 0 Å². The molecule has 0 radical (unpaired) electrons. The van der Waals surface area contributed by atoms with Crippen molar-refractivity contribution in [1.29, 1.82) is 0 Å². The van der Waals surface area contributed by atoms with Crippen molar-refractivity contribution in [1.82, 2.24) is 9.80 Å². The van der Waals surface area contributed by atoms with Gasteiger partial charge in [0.15, 0.2) is 0 Å². The number of rotatable bonds is 4. The molecule has 1 heterocycles. The Bertz CT molecular complexity index is 625. The Hall–Kier alpha value is -1.95. The lowest BCUT2D eigenvalue weighted by molar-refractivity contribution is 0.000431. The maximum Gasteiger partial charge on any atom is 0.410 e. The molecule has 2 N–H and O–H groups in total. The van der Waals surface area contributed by atoms with Gasteiger partial charge in [0.05, 0.1) is 6.10 Å². The number of hydrogen-bond acceptors (Lipinski definition) is 5. The molecule has 6 nitrogen and oxygen atoms in total. The summed E-state index contributed by atoms with van der Waals surface area (Å²) >= 11 is 0. The van der Waals surface area contributed by atoms with Gasteiger partial charge in [0.1, 0.15) is 11.4 Å². The second-order valence-corrected chi connectivity index (χ2v) is 8.29. The van der Waals surface area contributed by atoms with Gasteiger partial charge in [-0.1, -0.05) is 0 Å². The molecular formula is C20H33N3O3. The van der Waals surface area contributed by atoms with Crippen LogP contribution in [-0.2, 0) is 11.3 Å². The highest BCUT2D eigenvalue weighted by molar-refractivity contribution is 5.68. The van der Waals surface area contributed by atoms with Crippen LogP contribution in [0.3, 0.4) is 0 Å². The normalized spacial score (nSPS) is 18.9. The van der Waals surface area contributed by atoms with Crippen LogP contribution in [0.4, 0.5) is 10.5 Å². The highest BCUT2D eigenvalue weighted by atomic mass is 16.6. The fraction of sp³-hybridized carbons (Fsp3) is 0.650. The summed E-state index contributed by atoms with van der Waals surface area (Å²) in [7, 11) is 0. The van der Waals surface area contributed by atoms with Gasteiger partial charge in [0, 0.05) is 43.5 Å². The maximum absolute atomic E-state index is 12.4. The van der Waals surface area contributed by atoms with Gasteiger partial charge in [0.25, 0.3) is 0 Å². The monoisotopic (exact) mass is 363 g/mol. The molecule has 1 aliphatic rings. The van der Waals surface area contributed by atoms with Crippen molar-refractivity contribution in [2.45, 2.75) is 65.8 Å². The van der Waals surface area contributed by atoms with E-state index in [0.717, 1.165) is 36.6 Å². The van der Waals surface area contributed by atoms with Crippen LogP contribution >= 0.6 is 0 Å². The molecule has 2 rings (SSSR count). The summed E-state index contributed by atoms with van der Waals surface area (Å²) in [6.07, 6.45) is -0.127. The third-order valence-corrected chi connectivity index (χ3v) is 4.18. The van der Waals surface area contributed by atoms with E-state index in [0.29, 0.717) is 6.54 Å². The fourth-order valence-corrected chi connectivity index (χ4v) is 3.10.